The van der Waals surface area contributed by atoms with Gasteiger partial charge in [-0.3, -0.25) is 9.36 Å². The molecule has 1 aliphatic rings. The normalized spacial score (nSPS) is 15.5. The van der Waals surface area contributed by atoms with Crippen LogP contribution in [-0.4, -0.2) is 11.2 Å². The van der Waals surface area contributed by atoms with E-state index in [2.05, 4.69) is 0 Å². The summed E-state index contributed by atoms with van der Waals surface area (Å²) in [6, 6.07) is 3.57. The minimum absolute atomic E-state index is 0.0456. The molecule has 0 saturated heterocycles. The second kappa shape index (κ2) is 4.59. The van der Waals surface area contributed by atoms with Gasteiger partial charge >= 0.3 is 0 Å². The molecule has 1 aliphatic carbocycles. The third-order valence-electron chi connectivity index (χ3n) is 2.60. The molecule has 1 fully saturated rings. The minimum atomic E-state index is -0.0456. The van der Waals surface area contributed by atoms with Gasteiger partial charge in [-0.2, -0.15) is 0 Å². The van der Waals surface area contributed by atoms with E-state index in [4.69, 9.17) is 10.5 Å². The molecule has 82 valence electrons. The van der Waals surface area contributed by atoms with E-state index in [-0.39, 0.29) is 12.1 Å². The summed E-state index contributed by atoms with van der Waals surface area (Å²) in [7, 11) is 0. The molecule has 0 amide bonds. The van der Waals surface area contributed by atoms with Crippen LogP contribution in [0.3, 0.4) is 0 Å². The third-order valence-corrected chi connectivity index (χ3v) is 2.60. The molecule has 0 aliphatic heterocycles. The first-order chi connectivity index (χ1) is 7.31. The maximum absolute atomic E-state index is 11.7. The fourth-order valence-corrected chi connectivity index (χ4v) is 1.45. The second-order valence-electron chi connectivity index (χ2n) is 3.96. The van der Waals surface area contributed by atoms with Crippen molar-refractivity contribution in [2.75, 3.05) is 6.61 Å². The first kappa shape index (κ1) is 10.4. The predicted molar refractivity (Wildman–Crippen MR) is 57.3 cm³/mol. The first-order valence-electron chi connectivity index (χ1n) is 5.27. The van der Waals surface area contributed by atoms with Gasteiger partial charge in [0.1, 0.15) is 6.73 Å². The molecule has 0 radical (unpaired) electrons. The Balaban J connectivity index is 1.96. The van der Waals surface area contributed by atoms with Gasteiger partial charge in [0, 0.05) is 18.3 Å². The largest absolute Gasteiger partial charge is 0.360 e. The Bertz CT molecular complexity index is 382. The Morgan fingerprint density at radius 3 is 3.00 bits per heavy atom. The zero-order chi connectivity index (χ0) is 10.7. The van der Waals surface area contributed by atoms with E-state index >= 15 is 0 Å². The van der Waals surface area contributed by atoms with E-state index in [1.807, 2.05) is 6.07 Å². The Kier molecular flexibility index (Phi) is 3.18. The Hall–Kier alpha value is -1.13. The van der Waals surface area contributed by atoms with Crippen molar-refractivity contribution in [1.29, 1.82) is 0 Å². The van der Waals surface area contributed by atoms with Gasteiger partial charge in [0.05, 0.1) is 6.61 Å². The van der Waals surface area contributed by atoms with E-state index in [1.165, 1.54) is 12.8 Å². The van der Waals surface area contributed by atoms with Crippen LogP contribution in [0.1, 0.15) is 18.4 Å². The van der Waals surface area contributed by atoms with Crippen LogP contribution >= 0.6 is 0 Å². The number of pyridine rings is 1. The van der Waals surface area contributed by atoms with Crippen LogP contribution in [0.2, 0.25) is 0 Å². The molecule has 4 heteroatoms. The maximum atomic E-state index is 11.7. The number of ether oxygens (including phenoxy) is 1. The average Bonchev–Trinajstić information content (AvgIpc) is 3.04. The van der Waals surface area contributed by atoms with Crippen molar-refractivity contribution in [2.24, 2.45) is 11.7 Å². The molecule has 1 aromatic heterocycles. The fraction of sp³-hybridized carbons (Fsp3) is 0.545. The third kappa shape index (κ3) is 2.67. The van der Waals surface area contributed by atoms with Gasteiger partial charge in [0.15, 0.2) is 0 Å². The lowest BCUT2D eigenvalue weighted by Gasteiger charge is -2.07. The van der Waals surface area contributed by atoms with Crippen LogP contribution in [0, 0.1) is 5.92 Å². The topological polar surface area (TPSA) is 57.2 Å². The Morgan fingerprint density at radius 2 is 2.33 bits per heavy atom. The fourth-order valence-electron chi connectivity index (χ4n) is 1.45. The molecule has 4 nitrogen and oxygen atoms in total. The van der Waals surface area contributed by atoms with Crippen LogP contribution in [0.5, 0.6) is 0 Å². The summed E-state index contributed by atoms with van der Waals surface area (Å²) in [4.78, 5) is 11.7. The Morgan fingerprint density at radius 1 is 1.53 bits per heavy atom. The van der Waals surface area contributed by atoms with Crippen molar-refractivity contribution in [3.05, 3.63) is 34.2 Å². The lowest BCUT2D eigenvalue weighted by Crippen LogP contribution is -2.25. The summed E-state index contributed by atoms with van der Waals surface area (Å²) >= 11 is 0. The molecule has 2 N–H and O–H groups in total. The van der Waals surface area contributed by atoms with Crippen molar-refractivity contribution < 1.29 is 4.74 Å². The van der Waals surface area contributed by atoms with Crippen LogP contribution in [-0.2, 0) is 18.0 Å². The highest BCUT2D eigenvalue weighted by Crippen LogP contribution is 2.28. The highest BCUT2D eigenvalue weighted by atomic mass is 16.5. The molecule has 0 aromatic carbocycles. The summed E-state index contributed by atoms with van der Waals surface area (Å²) in [6.45, 7) is 1.38. The number of rotatable bonds is 5. The number of nitrogens with two attached hydrogens (primary N) is 1. The molecule has 0 bridgehead atoms. The molecule has 0 atom stereocenters. The highest BCUT2D eigenvalue weighted by Gasteiger charge is 2.21. The Labute approximate surface area is 88.7 Å². The van der Waals surface area contributed by atoms with E-state index < -0.39 is 0 Å². The maximum Gasteiger partial charge on any atom is 0.256 e. The SMILES string of the molecule is NCc1cccn(COCC2CC2)c1=O. The molecule has 15 heavy (non-hydrogen) atoms. The number of hydrogen-bond donors (Lipinski definition) is 1. The molecule has 1 heterocycles. The van der Waals surface area contributed by atoms with Crippen LogP contribution in [0.25, 0.3) is 0 Å². The van der Waals surface area contributed by atoms with Gasteiger partial charge in [0.2, 0.25) is 0 Å². The van der Waals surface area contributed by atoms with Crippen LogP contribution in [0.15, 0.2) is 23.1 Å². The number of hydrogen-bond acceptors (Lipinski definition) is 3. The minimum Gasteiger partial charge on any atom is -0.360 e. The van der Waals surface area contributed by atoms with Gasteiger partial charge in [-0.15, -0.1) is 0 Å². The van der Waals surface area contributed by atoms with Crippen molar-refractivity contribution in [3.63, 3.8) is 0 Å². The smallest absolute Gasteiger partial charge is 0.256 e. The standard InChI is InChI=1S/C11H16N2O2/c12-6-10-2-1-5-13(11(10)14)8-15-7-9-3-4-9/h1-2,5,9H,3-4,6-8,12H2. The van der Waals surface area contributed by atoms with Gasteiger partial charge in [0.25, 0.3) is 5.56 Å². The summed E-state index contributed by atoms with van der Waals surface area (Å²) in [5, 5.41) is 0. The molecular weight excluding hydrogens is 192 g/mol. The first-order valence-corrected chi connectivity index (χ1v) is 5.27. The van der Waals surface area contributed by atoms with Crippen LogP contribution < -0.4 is 11.3 Å². The monoisotopic (exact) mass is 208 g/mol. The van der Waals surface area contributed by atoms with Gasteiger partial charge < -0.3 is 10.5 Å². The van der Waals surface area contributed by atoms with Gasteiger partial charge in [-0.25, -0.2) is 0 Å². The highest BCUT2D eigenvalue weighted by molar-refractivity contribution is 5.09. The quantitative estimate of drug-likeness (QED) is 0.774. The average molecular weight is 208 g/mol. The molecule has 1 aromatic rings. The van der Waals surface area contributed by atoms with Crippen molar-refractivity contribution in [3.8, 4) is 0 Å². The van der Waals surface area contributed by atoms with E-state index in [0.29, 0.717) is 12.3 Å². The van der Waals surface area contributed by atoms with Crippen molar-refractivity contribution >= 4 is 0 Å². The van der Waals surface area contributed by atoms with Crippen LogP contribution in [0.4, 0.5) is 0 Å². The zero-order valence-electron chi connectivity index (χ0n) is 8.69. The molecule has 0 spiro atoms. The lowest BCUT2D eigenvalue weighted by molar-refractivity contribution is 0.0666. The summed E-state index contributed by atoms with van der Waals surface area (Å²) in [6.07, 6.45) is 4.25. The second-order valence-corrected chi connectivity index (χ2v) is 3.96. The number of aromatic nitrogens is 1. The molecule has 2 rings (SSSR count). The van der Waals surface area contributed by atoms with Gasteiger partial charge in [-0.1, -0.05) is 6.07 Å². The predicted octanol–water partition coefficient (Wildman–Crippen LogP) is 0.691. The summed E-state index contributed by atoms with van der Waals surface area (Å²) in [5.41, 5.74) is 6.04. The van der Waals surface area contributed by atoms with E-state index in [9.17, 15) is 4.79 Å². The molecular formula is C11H16N2O2. The number of nitrogens with zero attached hydrogens (tertiary/aromatic N) is 1. The molecule has 1 saturated carbocycles. The van der Waals surface area contributed by atoms with Crippen molar-refractivity contribution in [2.45, 2.75) is 26.1 Å². The molecule has 0 unspecified atom stereocenters. The van der Waals surface area contributed by atoms with Gasteiger partial charge in [-0.05, 0) is 24.8 Å². The lowest BCUT2D eigenvalue weighted by atomic mass is 10.3. The van der Waals surface area contributed by atoms with E-state index in [0.717, 1.165) is 12.5 Å². The van der Waals surface area contributed by atoms with Crippen molar-refractivity contribution in [1.82, 2.24) is 4.57 Å². The summed E-state index contributed by atoms with van der Waals surface area (Å²) < 4.78 is 7.01. The van der Waals surface area contributed by atoms with E-state index in [1.54, 1.807) is 16.8 Å². The zero-order valence-corrected chi connectivity index (χ0v) is 8.69. The summed E-state index contributed by atoms with van der Waals surface area (Å²) in [5.74, 6) is 0.721.